The summed E-state index contributed by atoms with van der Waals surface area (Å²) in [5.74, 6) is 0.00810. The molecule has 1 aliphatic rings. The van der Waals surface area contributed by atoms with E-state index in [1.165, 1.54) is 12.8 Å². The summed E-state index contributed by atoms with van der Waals surface area (Å²) in [7, 11) is 1.70. The summed E-state index contributed by atoms with van der Waals surface area (Å²) in [6.07, 6.45) is 2.42. The van der Waals surface area contributed by atoms with Crippen molar-refractivity contribution in [3.63, 3.8) is 0 Å². The maximum Gasteiger partial charge on any atom is 0.322 e. The molecule has 0 spiro atoms. The molecule has 0 bridgehead atoms. The van der Waals surface area contributed by atoms with Crippen molar-refractivity contribution in [2.75, 3.05) is 26.7 Å². The predicted molar refractivity (Wildman–Crippen MR) is 55.3 cm³/mol. The number of carbonyl (C=O) groups is 1. The molecule has 1 saturated heterocycles. The number of nitrogens with one attached hydrogen (secondary N) is 1. The Morgan fingerprint density at radius 1 is 1.71 bits per heavy atom. The summed E-state index contributed by atoms with van der Waals surface area (Å²) in [5, 5.41) is 11.7. The Balaban J connectivity index is 2.33. The molecule has 0 radical (unpaired) electrons. The summed E-state index contributed by atoms with van der Waals surface area (Å²) in [5.41, 5.74) is 0. The molecular weight excluding hydrogens is 180 g/mol. The van der Waals surface area contributed by atoms with Gasteiger partial charge in [0.1, 0.15) is 6.04 Å². The third-order valence-corrected chi connectivity index (χ3v) is 3.03. The van der Waals surface area contributed by atoms with Crippen LogP contribution in [-0.2, 0) is 4.79 Å². The predicted octanol–water partition coefficient (Wildman–Crippen LogP) is 0.391. The van der Waals surface area contributed by atoms with Gasteiger partial charge in [0.2, 0.25) is 0 Å². The second kappa shape index (κ2) is 5.32. The fourth-order valence-electron chi connectivity index (χ4n) is 1.96. The van der Waals surface area contributed by atoms with Crippen LogP contribution >= 0.6 is 0 Å². The van der Waals surface area contributed by atoms with Crippen LogP contribution in [0.1, 0.15) is 19.8 Å². The molecule has 2 atom stereocenters. The molecule has 14 heavy (non-hydrogen) atoms. The van der Waals surface area contributed by atoms with Crippen LogP contribution in [0.15, 0.2) is 0 Å². The number of nitrogens with zero attached hydrogens (tertiary/aromatic N) is 1. The maximum atomic E-state index is 10.8. The number of carboxylic acids is 1. The van der Waals surface area contributed by atoms with Crippen molar-refractivity contribution in [2.45, 2.75) is 25.8 Å². The number of carboxylic acid groups (broad SMARTS) is 1. The molecule has 0 aromatic carbocycles. The minimum Gasteiger partial charge on any atom is -0.480 e. The molecule has 4 nitrogen and oxygen atoms in total. The van der Waals surface area contributed by atoms with Gasteiger partial charge in [-0.25, -0.2) is 0 Å². The third-order valence-electron chi connectivity index (χ3n) is 3.03. The average molecular weight is 200 g/mol. The number of hydrogen-bond acceptors (Lipinski definition) is 3. The second-order valence-electron chi connectivity index (χ2n) is 4.00. The minimum atomic E-state index is -0.757. The van der Waals surface area contributed by atoms with E-state index in [1.54, 1.807) is 7.05 Å². The summed E-state index contributed by atoms with van der Waals surface area (Å²) in [6, 6.07) is -0.425. The topological polar surface area (TPSA) is 52.6 Å². The molecule has 0 aliphatic carbocycles. The maximum absolute atomic E-state index is 10.8. The Labute approximate surface area is 85.3 Å². The lowest BCUT2D eigenvalue weighted by atomic mass is 10.1. The van der Waals surface area contributed by atoms with Crippen LogP contribution in [0.4, 0.5) is 0 Å². The Bertz CT molecular complexity index is 197. The summed E-state index contributed by atoms with van der Waals surface area (Å²) >= 11 is 0. The van der Waals surface area contributed by atoms with Crippen molar-refractivity contribution in [1.29, 1.82) is 0 Å². The number of likely N-dealkylation sites (N-methyl/N-ethyl adjacent to an activating group) is 1. The Morgan fingerprint density at radius 2 is 2.43 bits per heavy atom. The first-order chi connectivity index (χ1) is 6.67. The fraction of sp³-hybridized carbons (Fsp3) is 0.900. The number of rotatable bonds is 5. The van der Waals surface area contributed by atoms with E-state index in [0.29, 0.717) is 6.54 Å². The van der Waals surface area contributed by atoms with Gasteiger partial charge in [0.25, 0.3) is 0 Å². The molecule has 1 fully saturated rings. The van der Waals surface area contributed by atoms with Gasteiger partial charge in [0, 0.05) is 13.1 Å². The first-order valence-electron chi connectivity index (χ1n) is 5.29. The lowest BCUT2D eigenvalue weighted by molar-refractivity contribution is -0.139. The van der Waals surface area contributed by atoms with Crippen molar-refractivity contribution in [3.8, 4) is 0 Å². The monoisotopic (exact) mass is 200 g/mol. The van der Waals surface area contributed by atoms with Gasteiger partial charge >= 0.3 is 5.97 Å². The van der Waals surface area contributed by atoms with E-state index >= 15 is 0 Å². The molecular formula is C10H20N2O2. The van der Waals surface area contributed by atoms with Gasteiger partial charge in [0.05, 0.1) is 0 Å². The van der Waals surface area contributed by atoms with E-state index in [4.69, 9.17) is 5.11 Å². The SMILES string of the molecule is CCC1CCN(CC(NC)C(=O)O)C1. The van der Waals surface area contributed by atoms with Crippen molar-refractivity contribution in [2.24, 2.45) is 5.92 Å². The lowest BCUT2D eigenvalue weighted by Crippen LogP contribution is -2.43. The molecule has 0 saturated carbocycles. The van der Waals surface area contributed by atoms with Gasteiger partial charge in [-0.1, -0.05) is 13.3 Å². The molecule has 0 aromatic rings. The molecule has 4 heteroatoms. The van der Waals surface area contributed by atoms with Gasteiger partial charge in [-0.15, -0.1) is 0 Å². The van der Waals surface area contributed by atoms with Crippen LogP contribution < -0.4 is 5.32 Å². The van der Waals surface area contributed by atoms with E-state index in [-0.39, 0.29) is 0 Å². The minimum absolute atomic E-state index is 0.425. The average Bonchev–Trinajstić information content (AvgIpc) is 2.61. The zero-order valence-corrected chi connectivity index (χ0v) is 8.99. The molecule has 1 heterocycles. The van der Waals surface area contributed by atoms with Gasteiger partial charge in [0.15, 0.2) is 0 Å². The zero-order chi connectivity index (χ0) is 10.6. The first kappa shape index (κ1) is 11.5. The van der Waals surface area contributed by atoms with E-state index in [1.807, 2.05) is 0 Å². The molecule has 1 rings (SSSR count). The fourth-order valence-corrected chi connectivity index (χ4v) is 1.96. The molecule has 2 N–H and O–H groups in total. The first-order valence-corrected chi connectivity index (χ1v) is 5.29. The number of aliphatic carboxylic acids is 1. The number of hydrogen-bond donors (Lipinski definition) is 2. The van der Waals surface area contributed by atoms with Crippen LogP contribution in [0.25, 0.3) is 0 Å². The molecule has 2 unspecified atom stereocenters. The van der Waals surface area contributed by atoms with E-state index in [9.17, 15) is 4.79 Å². The van der Waals surface area contributed by atoms with E-state index < -0.39 is 12.0 Å². The smallest absolute Gasteiger partial charge is 0.322 e. The highest BCUT2D eigenvalue weighted by molar-refractivity contribution is 5.73. The van der Waals surface area contributed by atoms with Crippen LogP contribution in [0.2, 0.25) is 0 Å². The van der Waals surface area contributed by atoms with Crippen molar-refractivity contribution in [3.05, 3.63) is 0 Å². The normalized spacial score (nSPS) is 25.1. The van der Waals surface area contributed by atoms with E-state index in [2.05, 4.69) is 17.1 Å². The molecule has 0 amide bonds. The van der Waals surface area contributed by atoms with Crippen LogP contribution in [0.3, 0.4) is 0 Å². The zero-order valence-electron chi connectivity index (χ0n) is 8.99. The van der Waals surface area contributed by atoms with Gasteiger partial charge in [-0.2, -0.15) is 0 Å². The molecule has 82 valence electrons. The number of likely N-dealkylation sites (tertiary alicyclic amines) is 1. The third kappa shape index (κ3) is 2.96. The Hall–Kier alpha value is -0.610. The quantitative estimate of drug-likeness (QED) is 0.674. The Morgan fingerprint density at radius 3 is 2.86 bits per heavy atom. The van der Waals surface area contributed by atoms with Crippen LogP contribution in [0, 0.1) is 5.92 Å². The van der Waals surface area contributed by atoms with E-state index in [0.717, 1.165) is 19.0 Å². The standard InChI is InChI=1S/C10H20N2O2/c1-3-8-4-5-12(6-8)7-9(11-2)10(13)14/h8-9,11H,3-7H2,1-2H3,(H,13,14). The highest BCUT2D eigenvalue weighted by atomic mass is 16.4. The largest absolute Gasteiger partial charge is 0.480 e. The van der Waals surface area contributed by atoms with Crippen LogP contribution in [0.5, 0.6) is 0 Å². The van der Waals surface area contributed by atoms with Crippen molar-refractivity contribution >= 4 is 5.97 Å². The second-order valence-corrected chi connectivity index (χ2v) is 4.00. The summed E-state index contributed by atoms with van der Waals surface area (Å²) < 4.78 is 0. The summed E-state index contributed by atoms with van der Waals surface area (Å²) in [6.45, 7) is 4.93. The Kier molecular flexibility index (Phi) is 4.35. The van der Waals surface area contributed by atoms with Gasteiger partial charge < -0.3 is 15.3 Å². The van der Waals surface area contributed by atoms with Gasteiger partial charge in [-0.05, 0) is 25.9 Å². The highest BCUT2D eigenvalue weighted by Gasteiger charge is 2.25. The van der Waals surface area contributed by atoms with Crippen LogP contribution in [-0.4, -0.2) is 48.7 Å². The highest BCUT2D eigenvalue weighted by Crippen LogP contribution is 2.18. The molecule has 1 aliphatic heterocycles. The summed E-state index contributed by atoms with van der Waals surface area (Å²) in [4.78, 5) is 13.0. The molecule has 0 aromatic heterocycles. The van der Waals surface area contributed by atoms with Crippen molar-refractivity contribution < 1.29 is 9.90 Å². The lowest BCUT2D eigenvalue weighted by Gasteiger charge is -2.20. The van der Waals surface area contributed by atoms with Gasteiger partial charge in [-0.3, -0.25) is 4.79 Å². The van der Waals surface area contributed by atoms with Crippen molar-refractivity contribution in [1.82, 2.24) is 10.2 Å².